The summed E-state index contributed by atoms with van der Waals surface area (Å²) in [6.07, 6.45) is 1.64. The molecule has 0 aliphatic carbocycles. The average molecular weight is 403 g/mol. The summed E-state index contributed by atoms with van der Waals surface area (Å²) >= 11 is 6.81. The van der Waals surface area contributed by atoms with Crippen molar-refractivity contribution in [1.82, 2.24) is 9.97 Å². The zero-order valence-corrected chi connectivity index (χ0v) is 14.1. The van der Waals surface area contributed by atoms with E-state index in [0.29, 0.717) is 17.8 Å². The van der Waals surface area contributed by atoms with Crippen LogP contribution >= 0.6 is 31.9 Å². The molecule has 0 fully saturated rings. The van der Waals surface area contributed by atoms with Crippen LogP contribution in [-0.2, 0) is 11.3 Å². The minimum absolute atomic E-state index is 0.395. The van der Waals surface area contributed by atoms with Gasteiger partial charge in [-0.25, -0.2) is 9.78 Å². The fourth-order valence-electron chi connectivity index (χ4n) is 1.76. The summed E-state index contributed by atoms with van der Waals surface area (Å²) in [5.41, 5.74) is 3.03. The summed E-state index contributed by atoms with van der Waals surface area (Å²) in [7, 11) is 1.36. The Morgan fingerprint density at radius 2 is 2.20 bits per heavy atom. The number of aromatic nitrogens is 2. The second-order valence-corrected chi connectivity index (χ2v) is 5.90. The van der Waals surface area contributed by atoms with E-state index in [4.69, 9.17) is 4.74 Å². The van der Waals surface area contributed by atoms with Gasteiger partial charge < -0.3 is 15.0 Å². The third kappa shape index (κ3) is 3.21. The summed E-state index contributed by atoms with van der Waals surface area (Å²) in [5.74, 6) is -0.395. The van der Waals surface area contributed by atoms with Crippen LogP contribution in [0.3, 0.4) is 0 Å². The molecule has 7 heteroatoms. The van der Waals surface area contributed by atoms with Crippen LogP contribution < -0.4 is 5.32 Å². The molecule has 1 aromatic carbocycles. The number of nitrogens with zero attached hydrogens (tertiary/aromatic N) is 1. The molecule has 0 amide bonds. The lowest BCUT2D eigenvalue weighted by molar-refractivity contribution is 0.0601. The monoisotopic (exact) mass is 401 g/mol. The largest absolute Gasteiger partial charge is 0.465 e. The number of carbonyl (C=O) groups is 1. The van der Waals surface area contributed by atoms with E-state index in [9.17, 15) is 4.79 Å². The number of benzene rings is 1. The smallest absolute Gasteiger partial charge is 0.340 e. The Balaban J connectivity index is 2.30. The Kier molecular flexibility index (Phi) is 4.82. The normalized spacial score (nSPS) is 10.4. The number of ether oxygens (including phenoxy) is 1. The van der Waals surface area contributed by atoms with E-state index in [1.807, 2.05) is 13.0 Å². The van der Waals surface area contributed by atoms with Gasteiger partial charge in [-0.3, -0.25) is 0 Å². The molecular formula is C13H13Br2N3O2. The number of H-pyrrole nitrogens is 1. The van der Waals surface area contributed by atoms with E-state index < -0.39 is 5.97 Å². The second-order valence-electron chi connectivity index (χ2n) is 4.13. The maximum absolute atomic E-state index is 11.8. The van der Waals surface area contributed by atoms with Crippen LogP contribution in [0.5, 0.6) is 0 Å². The highest BCUT2D eigenvalue weighted by atomic mass is 79.9. The summed E-state index contributed by atoms with van der Waals surface area (Å²) in [5, 5.41) is 3.22. The number of carbonyl (C=O) groups excluding carboxylic acids is 1. The molecule has 2 rings (SSSR count). The van der Waals surface area contributed by atoms with Gasteiger partial charge in [0.1, 0.15) is 0 Å². The summed E-state index contributed by atoms with van der Waals surface area (Å²) in [4.78, 5) is 19.1. The van der Waals surface area contributed by atoms with Crippen molar-refractivity contribution in [3.8, 4) is 0 Å². The van der Waals surface area contributed by atoms with Crippen molar-refractivity contribution in [1.29, 1.82) is 0 Å². The first kappa shape index (κ1) is 15.1. The first-order chi connectivity index (χ1) is 9.52. The molecule has 2 N–H and O–H groups in total. The molecule has 0 bridgehead atoms. The van der Waals surface area contributed by atoms with Crippen molar-refractivity contribution in [2.24, 2.45) is 0 Å². The van der Waals surface area contributed by atoms with Crippen LogP contribution in [0.15, 0.2) is 27.4 Å². The molecular weight excluding hydrogens is 390 g/mol. The number of aryl methyl sites for hydroxylation is 1. The van der Waals surface area contributed by atoms with Crippen LogP contribution in [0.2, 0.25) is 0 Å². The van der Waals surface area contributed by atoms with Crippen molar-refractivity contribution in [2.75, 3.05) is 12.4 Å². The average Bonchev–Trinajstić information content (AvgIpc) is 2.81. The number of hydrogen-bond donors (Lipinski definition) is 2. The van der Waals surface area contributed by atoms with Gasteiger partial charge in [0.2, 0.25) is 0 Å². The predicted molar refractivity (Wildman–Crippen MR) is 83.8 cm³/mol. The topological polar surface area (TPSA) is 67.0 Å². The van der Waals surface area contributed by atoms with Crippen LogP contribution in [0.4, 0.5) is 5.69 Å². The standard InChI is InChI=1S/C13H13Br2N3O2/c1-7-11(18-6-17-7)5-16-12-9(13(19)20-2)3-8(14)4-10(12)15/h3-4,6,16H,5H2,1-2H3,(H,17,18). The quantitative estimate of drug-likeness (QED) is 0.766. The van der Waals surface area contributed by atoms with Gasteiger partial charge in [-0.2, -0.15) is 0 Å². The van der Waals surface area contributed by atoms with Gasteiger partial charge in [0.05, 0.1) is 36.9 Å². The molecule has 2 aromatic rings. The molecule has 0 atom stereocenters. The van der Waals surface area contributed by atoms with E-state index in [2.05, 4.69) is 47.1 Å². The molecule has 106 valence electrons. The molecule has 0 unspecified atom stereocenters. The first-order valence-electron chi connectivity index (χ1n) is 5.83. The molecule has 0 spiro atoms. The third-order valence-corrected chi connectivity index (χ3v) is 3.91. The first-order valence-corrected chi connectivity index (χ1v) is 7.41. The molecule has 0 saturated carbocycles. The summed E-state index contributed by atoms with van der Waals surface area (Å²) in [6.45, 7) is 2.46. The number of hydrogen-bond acceptors (Lipinski definition) is 4. The Hall–Kier alpha value is -1.34. The zero-order valence-electron chi connectivity index (χ0n) is 11.0. The fraction of sp³-hybridized carbons (Fsp3) is 0.231. The molecule has 20 heavy (non-hydrogen) atoms. The number of rotatable bonds is 4. The van der Waals surface area contributed by atoms with E-state index >= 15 is 0 Å². The highest BCUT2D eigenvalue weighted by Gasteiger charge is 2.16. The zero-order chi connectivity index (χ0) is 14.7. The van der Waals surface area contributed by atoms with Gasteiger partial charge in [0, 0.05) is 14.6 Å². The number of aromatic amines is 1. The minimum Gasteiger partial charge on any atom is -0.465 e. The van der Waals surface area contributed by atoms with Crippen molar-refractivity contribution < 1.29 is 9.53 Å². The fourth-order valence-corrected chi connectivity index (χ4v) is 3.13. The Bertz CT molecular complexity index is 641. The van der Waals surface area contributed by atoms with Crippen LogP contribution in [0.25, 0.3) is 0 Å². The van der Waals surface area contributed by atoms with Crippen LogP contribution in [0.1, 0.15) is 21.7 Å². The molecule has 1 aromatic heterocycles. The maximum atomic E-state index is 11.8. The van der Waals surface area contributed by atoms with Gasteiger partial charge in [-0.1, -0.05) is 15.9 Å². The van der Waals surface area contributed by atoms with Crippen molar-refractivity contribution in [2.45, 2.75) is 13.5 Å². The second kappa shape index (κ2) is 6.41. The van der Waals surface area contributed by atoms with Crippen molar-refractivity contribution in [3.63, 3.8) is 0 Å². The molecule has 1 heterocycles. The Labute approximate surface area is 133 Å². The Morgan fingerprint density at radius 3 is 2.80 bits per heavy atom. The van der Waals surface area contributed by atoms with Crippen molar-refractivity contribution in [3.05, 3.63) is 44.4 Å². The minimum atomic E-state index is -0.395. The number of anilines is 1. The predicted octanol–water partition coefficient (Wildman–Crippen LogP) is 3.64. The number of nitrogens with one attached hydrogen (secondary N) is 2. The van der Waals surface area contributed by atoms with Crippen LogP contribution in [0, 0.1) is 6.92 Å². The lowest BCUT2D eigenvalue weighted by Gasteiger charge is -2.13. The number of methoxy groups -OCH3 is 1. The van der Waals surface area contributed by atoms with E-state index in [-0.39, 0.29) is 0 Å². The molecule has 0 radical (unpaired) electrons. The Morgan fingerprint density at radius 1 is 1.45 bits per heavy atom. The van der Waals surface area contributed by atoms with Gasteiger partial charge in [0.25, 0.3) is 0 Å². The number of imidazole rings is 1. The lowest BCUT2D eigenvalue weighted by atomic mass is 10.1. The third-order valence-electron chi connectivity index (χ3n) is 2.83. The lowest BCUT2D eigenvalue weighted by Crippen LogP contribution is -2.10. The van der Waals surface area contributed by atoms with Crippen molar-refractivity contribution >= 4 is 43.5 Å². The van der Waals surface area contributed by atoms with Gasteiger partial charge in [0.15, 0.2) is 0 Å². The van der Waals surface area contributed by atoms with Gasteiger partial charge in [-0.05, 0) is 35.0 Å². The van der Waals surface area contributed by atoms with Crippen LogP contribution in [-0.4, -0.2) is 23.0 Å². The molecule has 0 saturated heterocycles. The van der Waals surface area contributed by atoms with E-state index in [1.165, 1.54) is 7.11 Å². The highest BCUT2D eigenvalue weighted by molar-refractivity contribution is 9.11. The number of esters is 1. The summed E-state index contributed by atoms with van der Waals surface area (Å²) in [6, 6.07) is 3.59. The molecule has 0 aliphatic rings. The SMILES string of the molecule is COC(=O)c1cc(Br)cc(Br)c1NCc1nc[nH]c1C. The van der Waals surface area contributed by atoms with E-state index in [1.54, 1.807) is 12.4 Å². The highest BCUT2D eigenvalue weighted by Crippen LogP contribution is 2.31. The molecule has 0 aliphatic heterocycles. The maximum Gasteiger partial charge on any atom is 0.340 e. The van der Waals surface area contributed by atoms with Gasteiger partial charge >= 0.3 is 5.97 Å². The van der Waals surface area contributed by atoms with E-state index in [0.717, 1.165) is 20.3 Å². The summed E-state index contributed by atoms with van der Waals surface area (Å²) < 4.78 is 6.38. The number of halogens is 2. The van der Waals surface area contributed by atoms with Gasteiger partial charge in [-0.15, -0.1) is 0 Å². The molecule has 5 nitrogen and oxygen atoms in total.